The average molecular weight is 198 g/mol. The molecule has 2 unspecified atom stereocenters. The Balaban J connectivity index is 2.43. The van der Waals surface area contributed by atoms with Crippen molar-refractivity contribution in [3.63, 3.8) is 0 Å². The van der Waals surface area contributed by atoms with Gasteiger partial charge in [-0.2, -0.15) is 0 Å². The summed E-state index contributed by atoms with van der Waals surface area (Å²) in [5.74, 6) is 0.152. The highest BCUT2D eigenvalue weighted by Crippen LogP contribution is 2.20. The second kappa shape index (κ2) is 4.69. The van der Waals surface area contributed by atoms with Crippen LogP contribution in [0.15, 0.2) is 4.99 Å². The van der Waals surface area contributed by atoms with Gasteiger partial charge in [0.2, 0.25) is 0 Å². The number of hydrogen-bond acceptors (Lipinski definition) is 2. The third-order valence-corrected chi connectivity index (χ3v) is 2.34. The number of guanidine groups is 2. The molecule has 80 valence electrons. The molecule has 0 saturated heterocycles. The summed E-state index contributed by atoms with van der Waals surface area (Å²) in [4.78, 5) is 4.11. The molecule has 1 rings (SSSR count). The zero-order chi connectivity index (χ0) is 10.6. The van der Waals surface area contributed by atoms with Crippen molar-refractivity contribution in [3.05, 3.63) is 0 Å². The first-order chi connectivity index (χ1) is 6.58. The SMILES string of the molecule is N=C(N)NC1CCCC(N=C(N)N)C1. The smallest absolute Gasteiger partial charge is 0.186 e. The first-order valence-electron chi connectivity index (χ1n) is 4.77. The Bertz CT molecular complexity index is 232. The predicted octanol–water partition coefficient (Wildman–Crippen LogP) is -0.946. The van der Waals surface area contributed by atoms with Gasteiger partial charge in [-0.25, -0.2) is 0 Å². The lowest BCUT2D eigenvalue weighted by molar-refractivity contribution is 0.370. The molecule has 0 radical (unpaired) electrons. The van der Waals surface area contributed by atoms with E-state index in [9.17, 15) is 0 Å². The summed E-state index contributed by atoms with van der Waals surface area (Å²) in [5, 5.41) is 10.0. The molecule has 0 aliphatic heterocycles. The molecule has 0 spiro atoms. The summed E-state index contributed by atoms with van der Waals surface area (Å²) in [6.07, 6.45) is 3.94. The summed E-state index contributed by atoms with van der Waals surface area (Å²) in [6.45, 7) is 0. The lowest BCUT2D eigenvalue weighted by Crippen LogP contribution is -2.43. The quantitative estimate of drug-likeness (QED) is 0.290. The van der Waals surface area contributed by atoms with Crippen LogP contribution in [0.5, 0.6) is 0 Å². The minimum Gasteiger partial charge on any atom is -0.370 e. The van der Waals surface area contributed by atoms with Crippen LogP contribution in [-0.4, -0.2) is 24.0 Å². The summed E-state index contributed by atoms with van der Waals surface area (Å²) in [5.41, 5.74) is 15.9. The van der Waals surface area contributed by atoms with Crippen LogP contribution in [0.4, 0.5) is 0 Å². The summed E-state index contributed by atoms with van der Waals surface area (Å²) < 4.78 is 0. The number of rotatable bonds is 2. The molecule has 6 heteroatoms. The Hall–Kier alpha value is -1.46. The average Bonchev–Trinajstić information content (AvgIpc) is 2.01. The van der Waals surface area contributed by atoms with E-state index in [0.717, 1.165) is 25.7 Å². The van der Waals surface area contributed by atoms with Crippen molar-refractivity contribution in [3.8, 4) is 0 Å². The van der Waals surface area contributed by atoms with Crippen LogP contribution >= 0.6 is 0 Å². The fourth-order valence-corrected chi connectivity index (χ4v) is 1.84. The fraction of sp³-hybridized carbons (Fsp3) is 0.750. The van der Waals surface area contributed by atoms with Crippen LogP contribution in [0.2, 0.25) is 0 Å². The highest BCUT2D eigenvalue weighted by molar-refractivity contribution is 5.76. The molecule has 0 heterocycles. The number of nitrogens with one attached hydrogen (secondary N) is 2. The zero-order valence-corrected chi connectivity index (χ0v) is 8.16. The number of nitrogens with zero attached hydrogens (tertiary/aromatic N) is 1. The van der Waals surface area contributed by atoms with Gasteiger partial charge in [-0.05, 0) is 25.7 Å². The second-order valence-electron chi connectivity index (χ2n) is 3.63. The van der Waals surface area contributed by atoms with E-state index in [2.05, 4.69) is 10.3 Å². The molecule has 1 fully saturated rings. The molecular formula is C8H18N6. The van der Waals surface area contributed by atoms with E-state index in [1.165, 1.54) is 0 Å². The molecule has 0 aromatic rings. The van der Waals surface area contributed by atoms with E-state index >= 15 is 0 Å². The van der Waals surface area contributed by atoms with Crippen molar-refractivity contribution in [2.24, 2.45) is 22.2 Å². The normalized spacial score (nSPS) is 26.6. The maximum Gasteiger partial charge on any atom is 0.186 e. The van der Waals surface area contributed by atoms with Gasteiger partial charge in [0.1, 0.15) is 0 Å². The molecule has 0 aromatic heterocycles. The van der Waals surface area contributed by atoms with Gasteiger partial charge in [0.05, 0.1) is 6.04 Å². The molecule has 8 N–H and O–H groups in total. The molecule has 6 nitrogen and oxygen atoms in total. The van der Waals surface area contributed by atoms with E-state index in [1.807, 2.05) is 0 Å². The van der Waals surface area contributed by atoms with Gasteiger partial charge in [0, 0.05) is 6.04 Å². The maximum atomic E-state index is 7.12. The third kappa shape index (κ3) is 3.51. The highest BCUT2D eigenvalue weighted by Gasteiger charge is 2.21. The zero-order valence-electron chi connectivity index (χ0n) is 8.16. The molecular weight excluding hydrogens is 180 g/mol. The van der Waals surface area contributed by atoms with Crippen molar-refractivity contribution >= 4 is 11.9 Å². The Kier molecular flexibility index (Phi) is 3.55. The molecule has 1 aliphatic carbocycles. The van der Waals surface area contributed by atoms with E-state index in [1.54, 1.807) is 0 Å². The number of aliphatic imine (C=N–C) groups is 1. The second-order valence-corrected chi connectivity index (χ2v) is 3.63. The van der Waals surface area contributed by atoms with Crippen LogP contribution in [0.1, 0.15) is 25.7 Å². The van der Waals surface area contributed by atoms with Gasteiger partial charge >= 0.3 is 0 Å². The Morgan fingerprint density at radius 2 is 2.00 bits per heavy atom. The third-order valence-electron chi connectivity index (χ3n) is 2.34. The molecule has 0 amide bonds. The largest absolute Gasteiger partial charge is 0.370 e. The van der Waals surface area contributed by atoms with Crippen molar-refractivity contribution in [1.29, 1.82) is 5.41 Å². The first-order valence-corrected chi connectivity index (χ1v) is 4.77. The standard InChI is InChI=1S/C8H18N6/c9-7(10)13-5-2-1-3-6(4-5)14-8(11)12/h5-6H,1-4H2,(H4,9,10,13)(H4,11,12,14). The van der Waals surface area contributed by atoms with Crippen LogP contribution < -0.4 is 22.5 Å². The lowest BCUT2D eigenvalue weighted by atomic mass is 9.91. The Morgan fingerprint density at radius 3 is 2.57 bits per heavy atom. The molecule has 1 aliphatic rings. The molecule has 2 atom stereocenters. The Morgan fingerprint density at radius 1 is 1.29 bits per heavy atom. The summed E-state index contributed by atoms with van der Waals surface area (Å²) in [6, 6.07) is 0.403. The topological polar surface area (TPSA) is 126 Å². The van der Waals surface area contributed by atoms with Crippen molar-refractivity contribution < 1.29 is 0 Å². The Labute approximate surface area is 83.4 Å². The van der Waals surface area contributed by atoms with Crippen LogP contribution in [0, 0.1) is 5.41 Å². The van der Waals surface area contributed by atoms with Gasteiger partial charge in [0.15, 0.2) is 11.9 Å². The van der Waals surface area contributed by atoms with Gasteiger partial charge in [0.25, 0.3) is 0 Å². The van der Waals surface area contributed by atoms with Gasteiger partial charge in [-0.15, -0.1) is 0 Å². The van der Waals surface area contributed by atoms with Crippen LogP contribution in [0.25, 0.3) is 0 Å². The molecule has 1 saturated carbocycles. The summed E-state index contributed by atoms with van der Waals surface area (Å²) >= 11 is 0. The van der Waals surface area contributed by atoms with Gasteiger partial charge in [-0.1, -0.05) is 0 Å². The van der Waals surface area contributed by atoms with Crippen molar-refractivity contribution in [1.82, 2.24) is 5.32 Å². The maximum absolute atomic E-state index is 7.12. The first kappa shape index (κ1) is 10.6. The predicted molar refractivity (Wildman–Crippen MR) is 56.9 cm³/mol. The van der Waals surface area contributed by atoms with Gasteiger partial charge in [-0.3, -0.25) is 10.4 Å². The van der Waals surface area contributed by atoms with Crippen molar-refractivity contribution in [2.75, 3.05) is 0 Å². The minimum atomic E-state index is 0.0142. The van der Waals surface area contributed by atoms with E-state index in [0.29, 0.717) is 0 Å². The van der Waals surface area contributed by atoms with Crippen molar-refractivity contribution in [2.45, 2.75) is 37.8 Å². The lowest BCUT2D eigenvalue weighted by Gasteiger charge is -2.27. The van der Waals surface area contributed by atoms with E-state index < -0.39 is 0 Å². The molecule has 0 bridgehead atoms. The molecule has 14 heavy (non-hydrogen) atoms. The minimum absolute atomic E-state index is 0.0142. The molecule has 0 aromatic carbocycles. The number of nitrogens with two attached hydrogens (primary N) is 3. The van der Waals surface area contributed by atoms with E-state index in [4.69, 9.17) is 22.6 Å². The highest BCUT2D eigenvalue weighted by atomic mass is 15.1. The number of hydrogen-bond donors (Lipinski definition) is 5. The van der Waals surface area contributed by atoms with Gasteiger partial charge < -0.3 is 22.5 Å². The van der Waals surface area contributed by atoms with Crippen LogP contribution in [0.3, 0.4) is 0 Å². The van der Waals surface area contributed by atoms with Crippen LogP contribution in [-0.2, 0) is 0 Å². The monoisotopic (exact) mass is 198 g/mol. The van der Waals surface area contributed by atoms with E-state index in [-0.39, 0.29) is 24.0 Å². The summed E-state index contributed by atoms with van der Waals surface area (Å²) in [7, 11) is 0. The fourth-order valence-electron chi connectivity index (χ4n) is 1.84.